The molecule has 1 aliphatic heterocycles. The molecule has 0 radical (unpaired) electrons. The molecule has 3 rings (SSSR count). The summed E-state index contributed by atoms with van der Waals surface area (Å²) in [5, 5.41) is 3.45. The molecule has 0 aromatic carbocycles. The minimum absolute atomic E-state index is 0.259. The standard InChI is InChI=1S/C17H24N4O/c1-13(2)14-10-17(20-12-19-14)18-11-15(16-6-5-9-22-16)21-7-3-4-8-21/h5-6,9-10,12-13,15H,3-4,7-8,11H2,1-2H3,(H,18,19,20). The van der Waals surface area contributed by atoms with Crippen molar-refractivity contribution < 1.29 is 4.42 Å². The van der Waals surface area contributed by atoms with E-state index in [1.807, 2.05) is 12.1 Å². The summed E-state index contributed by atoms with van der Waals surface area (Å²) in [6.07, 6.45) is 5.92. The molecule has 1 N–H and O–H groups in total. The van der Waals surface area contributed by atoms with Crippen molar-refractivity contribution in [2.24, 2.45) is 0 Å². The van der Waals surface area contributed by atoms with E-state index in [9.17, 15) is 0 Å². The molecule has 22 heavy (non-hydrogen) atoms. The third-order valence-corrected chi connectivity index (χ3v) is 4.21. The number of hydrogen-bond donors (Lipinski definition) is 1. The molecule has 3 heterocycles. The molecular formula is C17H24N4O. The second kappa shape index (κ2) is 6.92. The molecule has 118 valence electrons. The van der Waals surface area contributed by atoms with Gasteiger partial charge in [-0.05, 0) is 44.0 Å². The maximum Gasteiger partial charge on any atom is 0.129 e. The number of anilines is 1. The zero-order valence-electron chi connectivity index (χ0n) is 13.3. The molecule has 1 atom stereocenters. The smallest absolute Gasteiger partial charge is 0.129 e. The summed E-state index contributed by atoms with van der Waals surface area (Å²) in [5.74, 6) is 2.31. The zero-order valence-corrected chi connectivity index (χ0v) is 13.3. The number of nitrogens with one attached hydrogen (secondary N) is 1. The molecule has 0 amide bonds. The maximum absolute atomic E-state index is 5.64. The van der Waals surface area contributed by atoms with Gasteiger partial charge in [0.2, 0.25) is 0 Å². The van der Waals surface area contributed by atoms with E-state index >= 15 is 0 Å². The van der Waals surface area contributed by atoms with Crippen molar-refractivity contribution in [1.82, 2.24) is 14.9 Å². The summed E-state index contributed by atoms with van der Waals surface area (Å²) < 4.78 is 5.64. The van der Waals surface area contributed by atoms with E-state index in [0.717, 1.165) is 36.9 Å². The molecule has 5 heteroatoms. The molecular weight excluding hydrogens is 276 g/mol. The van der Waals surface area contributed by atoms with Crippen molar-refractivity contribution >= 4 is 5.82 Å². The fourth-order valence-corrected chi connectivity index (χ4v) is 2.93. The van der Waals surface area contributed by atoms with Gasteiger partial charge in [-0.1, -0.05) is 13.8 Å². The van der Waals surface area contributed by atoms with Crippen LogP contribution in [0.25, 0.3) is 0 Å². The van der Waals surface area contributed by atoms with Gasteiger partial charge in [0.05, 0.1) is 12.3 Å². The van der Waals surface area contributed by atoms with Crippen LogP contribution in [0.4, 0.5) is 5.82 Å². The molecule has 5 nitrogen and oxygen atoms in total. The zero-order chi connectivity index (χ0) is 15.4. The summed E-state index contributed by atoms with van der Waals surface area (Å²) in [6, 6.07) is 6.31. The van der Waals surface area contributed by atoms with Crippen molar-refractivity contribution in [1.29, 1.82) is 0 Å². The van der Waals surface area contributed by atoms with Crippen molar-refractivity contribution in [3.8, 4) is 0 Å². The summed E-state index contributed by atoms with van der Waals surface area (Å²) in [5.41, 5.74) is 1.06. The van der Waals surface area contributed by atoms with Gasteiger partial charge in [0, 0.05) is 18.3 Å². The lowest BCUT2D eigenvalue weighted by atomic mass is 10.1. The quantitative estimate of drug-likeness (QED) is 0.885. The second-order valence-electron chi connectivity index (χ2n) is 6.14. The molecule has 0 aliphatic carbocycles. The fourth-order valence-electron chi connectivity index (χ4n) is 2.93. The predicted molar refractivity (Wildman–Crippen MR) is 86.9 cm³/mol. The van der Waals surface area contributed by atoms with Crippen LogP contribution in [0.15, 0.2) is 35.2 Å². The van der Waals surface area contributed by atoms with Gasteiger partial charge in [-0.2, -0.15) is 0 Å². The first kappa shape index (κ1) is 15.0. The minimum Gasteiger partial charge on any atom is -0.468 e. The summed E-state index contributed by atoms with van der Waals surface area (Å²) in [4.78, 5) is 11.1. The van der Waals surface area contributed by atoms with Crippen LogP contribution in [0.3, 0.4) is 0 Å². The molecule has 2 aromatic heterocycles. The third kappa shape index (κ3) is 3.47. The number of hydrogen-bond acceptors (Lipinski definition) is 5. The van der Waals surface area contributed by atoms with Gasteiger partial charge in [-0.15, -0.1) is 0 Å². The highest BCUT2D eigenvalue weighted by Crippen LogP contribution is 2.26. The summed E-state index contributed by atoms with van der Waals surface area (Å²) in [7, 11) is 0. The first-order chi connectivity index (χ1) is 10.7. The topological polar surface area (TPSA) is 54.2 Å². The van der Waals surface area contributed by atoms with Crippen LogP contribution in [-0.2, 0) is 0 Å². The molecule has 0 spiro atoms. The van der Waals surface area contributed by atoms with Gasteiger partial charge in [-0.3, -0.25) is 4.90 Å². The van der Waals surface area contributed by atoms with Crippen molar-refractivity contribution in [2.45, 2.75) is 38.6 Å². The number of nitrogens with zero attached hydrogens (tertiary/aromatic N) is 3. The predicted octanol–water partition coefficient (Wildman–Crippen LogP) is 3.44. The van der Waals surface area contributed by atoms with Crippen molar-refractivity contribution in [3.63, 3.8) is 0 Å². The monoisotopic (exact) mass is 300 g/mol. The SMILES string of the molecule is CC(C)c1cc(NCC(c2ccco2)N2CCCC2)ncn1. The highest BCUT2D eigenvalue weighted by molar-refractivity contribution is 5.36. The Kier molecular flexibility index (Phi) is 4.73. The minimum atomic E-state index is 0.259. The van der Waals surface area contributed by atoms with Crippen LogP contribution < -0.4 is 5.32 Å². The Balaban J connectivity index is 1.70. The largest absolute Gasteiger partial charge is 0.468 e. The Morgan fingerprint density at radius 2 is 2.09 bits per heavy atom. The van der Waals surface area contributed by atoms with E-state index in [4.69, 9.17) is 4.42 Å². The molecule has 0 bridgehead atoms. The van der Waals surface area contributed by atoms with Crippen LogP contribution in [0.1, 0.15) is 50.1 Å². The van der Waals surface area contributed by atoms with E-state index in [-0.39, 0.29) is 6.04 Å². The Morgan fingerprint density at radius 3 is 2.77 bits per heavy atom. The Labute approximate surface area is 131 Å². The van der Waals surface area contributed by atoms with Gasteiger partial charge in [0.25, 0.3) is 0 Å². The molecule has 1 aliphatic rings. The number of likely N-dealkylation sites (tertiary alicyclic amines) is 1. The van der Waals surface area contributed by atoms with Gasteiger partial charge < -0.3 is 9.73 Å². The van der Waals surface area contributed by atoms with Crippen molar-refractivity contribution in [2.75, 3.05) is 25.0 Å². The van der Waals surface area contributed by atoms with E-state index in [2.05, 4.69) is 40.1 Å². The van der Waals surface area contributed by atoms with E-state index < -0.39 is 0 Å². The van der Waals surface area contributed by atoms with Crippen LogP contribution in [0.5, 0.6) is 0 Å². The molecule has 1 unspecified atom stereocenters. The number of aromatic nitrogens is 2. The van der Waals surface area contributed by atoms with E-state index in [1.165, 1.54) is 12.8 Å². The molecule has 1 saturated heterocycles. The average Bonchev–Trinajstić information content (AvgIpc) is 3.21. The lowest BCUT2D eigenvalue weighted by Crippen LogP contribution is -2.30. The Morgan fingerprint density at radius 1 is 1.27 bits per heavy atom. The molecule has 2 aromatic rings. The van der Waals surface area contributed by atoms with Gasteiger partial charge in [0.1, 0.15) is 17.9 Å². The lowest BCUT2D eigenvalue weighted by molar-refractivity contribution is 0.225. The van der Waals surface area contributed by atoms with Crippen LogP contribution >= 0.6 is 0 Å². The van der Waals surface area contributed by atoms with Gasteiger partial charge in [-0.25, -0.2) is 9.97 Å². The highest BCUT2D eigenvalue weighted by Gasteiger charge is 2.25. The first-order valence-electron chi connectivity index (χ1n) is 8.07. The number of furan rings is 1. The normalized spacial score (nSPS) is 17.0. The summed E-state index contributed by atoms with van der Waals surface area (Å²) in [6.45, 7) is 7.34. The second-order valence-corrected chi connectivity index (χ2v) is 6.14. The lowest BCUT2D eigenvalue weighted by Gasteiger charge is -2.26. The van der Waals surface area contributed by atoms with E-state index in [1.54, 1.807) is 12.6 Å². The van der Waals surface area contributed by atoms with E-state index in [0.29, 0.717) is 5.92 Å². The first-order valence-corrected chi connectivity index (χ1v) is 8.07. The van der Waals surface area contributed by atoms with Crippen LogP contribution in [0.2, 0.25) is 0 Å². The third-order valence-electron chi connectivity index (χ3n) is 4.21. The highest BCUT2D eigenvalue weighted by atomic mass is 16.3. The van der Waals surface area contributed by atoms with Crippen LogP contribution in [0, 0.1) is 0 Å². The summed E-state index contributed by atoms with van der Waals surface area (Å²) >= 11 is 0. The molecule has 0 saturated carbocycles. The van der Waals surface area contributed by atoms with Gasteiger partial charge in [0.15, 0.2) is 0 Å². The number of rotatable bonds is 6. The van der Waals surface area contributed by atoms with Crippen LogP contribution in [-0.4, -0.2) is 34.5 Å². The fraction of sp³-hybridized carbons (Fsp3) is 0.529. The van der Waals surface area contributed by atoms with Gasteiger partial charge >= 0.3 is 0 Å². The Hall–Kier alpha value is -1.88. The Bertz CT molecular complexity index is 576. The maximum atomic E-state index is 5.64. The molecule has 1 fully saturated rings. The average molecular weight is 300 g/mol. The van der Waals surface area contributed by atoms with Crippen molar-refractivity contribution in [3.05, 3.63) is 42.2 Å².